The quantitative estimate of drug-likeness (QED) is 0.202. The minimum absolute atomic E-state index is 0.137. The van der Waals surface area contributed by atoms with Crippen molar-refractivity contribution in [2.45, 2.75) is 33.1 Å². The van der Waals surface area contributed by atoms with Crippen molar-refractivity contribution in [1.29, 1.82) is 0 Å². The molecule has 7 aromatic rings. The summed E-state index contributed by atoms with van der Waals surface area (Å²) in [5.74, 6) is 0. The zero-order valence-electron chi connectivity index (χ0n) is 24.6. The minimum atomic E-state index is -0.137. The summed E-state index contributed by atoms with van der Waals surface area (Å²) in [5.41, 5.74) is 11.6. The summed E-state index contributed by atoms with van der Waals surface area (Å²) < 4.78 is 0. The maximum absolute atomic E-state index is 2.41. The average Bonchev–Trinajstić information content (AvgIpc) is 3.26. The van der Waals surface area contributed by atoms with Gasteiger partial charge >= 0.3 is 0 Å². The van der Waals surface area contributed by atoms with Crippen molar-refractivity contribution < 1.29 is 0 Å². The smallest absolute Gasteiger partial charge is 0.0490 e. The van der Waals surface area contributed by atoms with E-state index in [1.54, 1.807) is 0 Å². The first-order valence-corrected chi connectivity index (χ1v) is 14.9. The summed E-state index contributed by atoms with van der Waals surface area (Å²) >= 11 is 0. The molecule has 1 aliphatic carbocycles. The molecule has 42 heavy (non-hydrogen) atoms. The Balaban J connectivity index is 1.38. The molecule has 0 amide bonds. The van der Waals surface area contributed by atoms with E-state index in [4.69, 9.17) is 0 Å². The number of anilines is 3. The summed E-state index contributed by atoms with van der Waals surface area (Å²) in [6, 6.07) is 47.1. The lowest BCUT2D eigenvalue weighted by Gasteiger charge is -2.28. The molecule has 0 fully saturated rings. The van der Waals surface area contributed by atoms with Crippen LogP contribution in [0.4, 0.5) is 17.1 Å². The number of hydrogen-bond donors (Lipinski definition) is 0. The molecule has 7 aromatic carbocycles. The Morgan fingerprint density at radius 3 is 1.90 bits per heavy atom. The predicted octanol–water partition coefficient (Wildman–Crippen LogP) is 11.5. The molecule has 0 saturated heterocycles. The monoisotopic (exact) mass is 539 g/mol. The van der Waals surface area contributed by atoms with Crippen molar-refractivity contribution in [2.75, 3.05) is 4.90 Å². The summed E-state index contributed by atoms with van der Waals surface area (Å²) in [4.78, 5) is 2.39. The Bertz CT molecular complexity index is 2190. The van der Waals surface area contributed by atoms with Crippen LogP contribution in [-0.4, -0.2) is 0 Å². The standard InChI is InChI=1S/C41H33N/c1-26-18-23-37(27(2)24-26)42(29-12-6-5-7-13-29)30-20-22-31-28(25-30)19-21-36-38-34-16-10-8-14-32(34)33-15-9-11-17-35(33)40(38)41(3,4)39(31)36/h5-25H,1-4H3. The van der Waals surface area contributed by atoms with Crippen LogP contribution in [0.5, 0.6) is 0 Å². The van der Waals surface area contributed by atoms with Crippen molar-refractivity contribution in [1.82, 2.24) is 0 Å². The number of fused-ring (bicyclic) bond motifs is 10. The Labute approximate surface area is 247 Å². The van der Waals surface area contributed by atoms with Gasteiger partial charge in [0.15, 0.2) is 0 Å². The van der Waals surface area contributed by atoms with E-state index in [0.29, 0.717) is 0 Å². The largest absolute Gasteiger partial charge is 0.310 e. The van der Waals surface area contributed by atoms with Crippen molar-refractivity contribution in [3.05, 3.63) is 150 Å². The van der Waals surface area contributed by atoms with Crippen LogP contribution in [0.3, 0.4) is 0 Å². The van der Waals surface area contributed by atoms with Gasteiger partial charge in [-0.15, -0.1) is 0 Å². The molecule has 1 nitrogen and oxygen atoms in total. The van der Waals surface area contributed by atoms with Gasteiger partial charge in [-0.1, -0.05) is 116 Å². The second-order valence-electron chi connectivity index (χ2n) is 12.3. The topological polar surface area (TPSA) is 3.24 Å². The van der Waals surface area contributed by atoms with E-state index < -0.39 is 0 Å². The van der Waals surface area contributed by atoms with Gasteiger partial charge in [-0.05, 0) is 104 Å². The lowest BCUT2D eigenvalue weighted by atomic mass is 9.78. The third kappa shape index (κ3) is 3.50. The van der Waals surface area contributed by atoms with Crippen LogP contribution in [0.1, 0.15) is 36.1 Å². The number of aryl methyl sites for hydroxylation is 2. The highest BCUT2D eigenvalue weighted by molar-refractivity contribution is 6.19. The first-order valence-electron chi connectivity index (χ1n) is 14.9. The maximum Gasteiger partial charge on any atom is 0.0490 e. The second kappa shape index (κ2) is 9.06. The van der Waals surface area contributed by atoms with Gasteiger partial charge in [0.25, 0.3) is 0 Å². The Morgan fingerprint density at radius 2 is 1.17 bits per heavy atom. The van der Waals surface area contributed by atoms with E-state index in [2.05, 4.69) is 160 Å². The fourth-order valence-corrected chi connectivity index (χ4v) is 7.59. The molecule has 1 heteroatoms. The molecular formula is C41H33N. The van der Waals surface area contributed by atoms with Crippen molar-refractivity contribution >= 4 is 49.4 Å². The molecule has 1 aliphatic rings. The second-order valence-corrected chi connectivity index (χ2v) is 12.3. The summed E-state index contributed by atoms with van der Waals surface area (Å²) in [6.45, 7) is 9.20. The third-order valence-electron chi connectivity index (χ3n) is 9.32. The Kier molecular flexibility index (Phi) is 5.37. The van der Waals surface area contributed by atoms with Gasteiger partial charge in [0.2, 0.25) is 0 Å². The van der Waals surface area contributed by atoms with Crippen molar-refractivity contribution in [2.24, 2.45) is 0 Å². The highest BCUT2D eigenvalue weighted by Crippen LogP contribution is 2.56. The molecule has 8 rings (SSSR count). The Morgan fingerprint density at radius 1 is 0.500 bits per heavy atom. The molecule has 0 radical (unpaired) electrons. The molecule has 0 unspecified atom stereocenters. The van der Waals surface area contributed by atoms with E-state index in [0.717, 1.165) is 5.69 Å². The molecule has 0 aliphatic heterocycles. The van der Waals surface area contributed by atoms with Crippen LogP contribution in [0.25, 0.3) is 43.4 Å². The van der Waals surface area contributed by atoms with Crippen LogP contribution < -0.4 is 4.90 Å². The zero-order chi connectivity index (χ0) is 28.6. The lowest BCUT2D eigenvalue weighted by Crippen LogP contribution is -2.16. The maximum atomic E-state index is 2.41. The van der Waals surface area contributed by atoms with Gasteiger partial charge in [0.1, 0.15) is 0 Å². The van der Waals surface area contributed by atoms with Gasteiger partial charge in [0.05, 0.1) is 0 Å². The van der Waals surface area contributed by atoms with Crippen LogP contribution in [0.15, 0.2) is 127 Å². The summed E-state index contributed by atoms with van der Waals surface area (Å²) in [5, 5.41) is 7.98. The fraction of sp³-hybridized carbons (Fsp3) is 0.122. The molecule has 0 saturated carbocycles. The predicted molar refractivity (Wildman–Crippen MR) is 181 cm³/mol. The molecule has 202 valence electrons. The number of rotatable bonds is 3. The lowest BCUT2D eigenvalue weighted by molar-refractivity contribution is 0.672. The molecule has 0 spiro atoms. The number of para-hydroxylation sites is 1. The molecular weight excluding hydrogens is 506 g/mol. The van der Waals surface area contributed by atoms with Crippen LogP contribution >= 0.6 is 0 Å². The van der Waals surface area contributed by atoms with E-state index in [9.17, 15) is 0 Å². The normalized spacial score (nSPS) is 13.4. The molecule has 0 bridgehead atoms. The van der Waals surface area contributed by atoms with Gasteiger partial charge in [-0.25, -0.2) is 0 Å². The zero-order valence-corrected chi connectivity index (χ0v) is 24.6. The van der Waals surface area contributed by atoms with Gasteiger partial charge in [-0.3, -0.25) is 0 Å². The van der Waals surface area contributed by atoms with Gasteiger partial charge in [-0.2, -0.15) is 0 Å². The summed E-state index contributed by atoms with van der Waals surface area (Å²) in [7, 11) is 0. The highest BCUT2D eigenvalue weighted by Gasteiger charge is 2.39. The first kappa shape index (κ1) is 24.9. The van der Waals surface area contributed by atoms with E-state index in [-0.39, 0.29) is 5.41 Å². The highest BCUT2D eigenvalue weighted by atomic mass is 15.1. The third-order valence-corrected chi connectivity index (χ3v) is 9.32. The minimum Gasteiger partial charge on any atom is -0.310 e. The SMILES string of the molecule is Cc1ccc(N(c2ccccc2)c2ccc3c4c(ccc3c2)-c2c(c3ccccc3c3ccccc23)C4(C)C)c(C)c1. The van der Waals surface area contributed by atoms with Crippen molar-refractivity contribution in [3.63, 3.8) is 0 Å². The molecule has 0 heterocycles. The van der Waals surface area contributed by atoms with E-state index in [1.807, 2.05) is 0 Å². The number of nitrogens with zero attached hydrogens (tertiary/aromatic N) is 1. The number of benzene rings is 7. The average molecular weight is 540 g/mol. The van der Waals surface area contributed by atoms with Crippen LogP contribution in [0, 0.1) is 13.8 Å². The van der Waals surface area contributed by atoms with E-state index in [1.165, 1.54) is 77.1 Å². The van der Waals surface area contributed by atoms with Gasteiger partial charge in [0, 0.05) is 22.5 Å². The first-order chi connectivity index (χ1) is 20.4. The van der Waals surface area contributed by atoms with Crippen LogP contribution in [0.2, 0.25) is 0 Å². The van der Waals surface area contributed by atoms with Gasteiger partial charge < -0.3 is 4.90 Å². The molecule has 0 atom stereocenters. The van der Waals surface area contributed by atoms with E-state index >= 15 is 0 Å². The van der Waals surface area contributed by atoms with Crippen LogP contribution in [-0.2, 0) is 5.41 Å². The van der Waals surface area contributed by atoms with Crippen molar-refractivity contribution in [3.8, 4) is 11.1 Å². The summed E-state index contributed by atoms with van der Waals surface area (Å²) in [6.07, 6.45) is 0. The molecule has 0 N–H and O–H groups in total. The number of hydrogen-bond acceptors (Lipinski definition) is 1. The fourth-order valence-electron chi connectivity index (χ4n) is 7.59. The molecule has 0 aromatic heterocycles. The Hall–Kier alpha value is -4.88.